The molecular weight excluding hydrogens is 270 g/mol. The molecule has 0 aliphatic rings. The lowest BCUT2D eigenvalue weighted by atomic mass is 10.1. The summed E-state index contributed by atoms with van der Waals surface area (Å²) in [7, 11) is 1.68. The first-order valence-electron chi connectivity index (χ1n) is 7.03. The second-order valence-corrected chi connectivity index (χ2v) is 6.30. The molecule has 0 saturated carbocycles. The molecule has 0 fully saturated rings. The van der Waals surface area contributed by atoms with Gasteiger partial charge in [0.15, 0.2) is 0 Å². The minimum atomic E-state index is 0.137. The minimum absolute atomic E-state index is 0.137. The summed E-state index contributed by atoms with van der Waals surface area (Å²) in [5.74, 6) is 1.84. The number of rotatable bonds is 7. The highest BCUT2D eigenvalue weighted by Crippen LogP contribution is 2.31. The molecule has 1 N–H and O–H groups in total. The Morgan fingerprint density at radius 1 is 1.35 bits per heavy atom. The van der Waals surface area contributed by atoms with Gasteiger partial charge >= 0.3 is 0 Å². The fraction of sp³-hybridized carbons (Fsp3) is 0.500. The van der Waals surface area contributed by atoms with Gasteiger partial charge in [0.1, 0.15) is 24.2 Å². The lowest BCUT2D eigenvalue weighted by Crippen LogP contribution is -2.21. The monoisotopic (exact) mass is 293 g/mol. The first-order valence-corrected chi connectivity index (χ1v) is 7.85. The summed E-state index contributed by atoms with van der Waals surface area (Å²) >= 11 is 1.84. The Morgan fingerprint density at radius 3 is 2.75 bits per heavy atom. The van der Waals surface area contributed by atoms with Crippen molar-refractivity contribution in [2.75, 3.05) is 13.7 Å². The third-order valence-electron chi connectivity index (χ3n) is 3.32. The van der Waals surface area contributed by atoms with Gasteiger partial charge in [-0.15, -0.1) is 11.3 Å². The second-order valence-electron chi connectivity index (χ2n) is 5.01. The number of hydrogen-bond donors (Lipinski definition) is 1. The van der Waals surface area contributed by atoms with Gasteiger partial charge < -0.3 is 14.5 Å². The average molecular weight is 293 g/mol. The van der Waals surface area contributed by atoms with E-state index in [0.29, 0.717) is 6.61 Å². The lowest BCUT2D eigenvalue weighted by molar-refractivity contribution is 0.162. The van der Waals surface area contributed by atoms with E-state index in [4.69, 9.17) is 9.15 Å². The number of methoxy groups -OCH3 is 1. The molecule has 2 aromatic rings. The van der Waals surface area contributed by atoms with Crippen molar-refractivity contribution < 1.29 is 9.15 Å². The van der Waals surface area contributed by atoms with Crippen LogP contribution in [0.25, 0.3) is 0 Å². The molecule has 0 saturated heterocycles. The van der Waals surface area contributed by atoms with Crippen LogP contribution in [0, 0.1) is 13.8 Å². The van der Waals surface area contributed by atoms with Crippen molar-refractivity contribution in [3.8, 4) is 0 Å². The van der Waals surface area contributed by atoms with Crippen molar-refractivity contribution in [3.05, 3.63) is 45.0 Å². The van der Waals surface area contributed by atoms with Crippen molar-refractivity contribution in [1.29, 1.82) is 0 Å². The van der Waals surface area contributed by atoms with Crippen LogP contribution >= 0.6 is 11.3 Å². The molecule has 110 valence electrons. The molecule has 20 heavy (non-hydrogen) atoms. The van der Waals surface area contributed by atoms with Crippen LogP contribution in [0.5, 0.6) is 0 Å². The quantitative estimate of drug-likeness (QED) is 0.831. The zero-order valence-corrected chi connectivity index (χ0v) is 13.5. The molecule has 0 aromatic carbocycles. The number of aryl methyl sites for hydroxylation is 2. The average Bonchev–Trinajstić information content (AvgIpc) is 2.99. The summed E-state index contributed by atoms with van der Waals surface area (Å²) in [5, 5.41) is 3.57. The Labute approximate surface area is 125 Å². The van der Waals surface area contributed by atoms with Crippen LogP contribution in [0.3, 0.4) is 0 Å². The highest BCUT2D eigenvalue weighted by Gasteiger charge is 2.20. The number of thiophene rings is 1. The Kier molecular flexibility index (Phi) is 5.40. The van der Waals surface area contributed by atoms with Crippen molar-refractivity contribution in [3.63, 3.8) is 0 Å². The molecule has 0 radical (unpaired) electrons. The Balaban J connectivity index is 2.25. The SMILES string of the molecule is CCCNC(c1ccc(COC)o1)c1cc(C)c(C)s1. The zero-order valence-electron chi connectivity index (χ0n) is 12.7. The van der Waals surface area contributed by atoms with E-state index in [-0.39, 0.29) is 6.04 Å². The maximum Gasteiger partial charge on any atom is 0.129 e. The van der Waals surface area contributed by atoms with Gasteiger partial charge in [-0.25, -0.2) is 0 Å². The van der Waals surface area contributed by atoms with E-state index in [0.717, 1.165) is 24.5 Å². The summed E-state index contributed by atoms with van der Waals surface area (Å²) in [4.78, 5) is 2.68. The van der Waals surface area contributed by atoms with Crippen molar-refractivity contribution in [1.82, 2.24) is 5.32 Å². The van der Waals surface area contributed by atoms with E-state index < -0.39 is 0 Å². The summed E-state index contributed by atoms with van der Waals surface area (Å²) in [6, 6.07) is 6.43. The van der Waals surface area contributed by atoms with Crippen LogP contribution in [0.4, 0.5) is 0 Å². The predicted molar refractivity (Wildman–Crippen MR) is 83.4 cm³/mol. The van der Waals surface area contributed by atoms with Crippen LogP contribution in [-0.4, -0.2) is 13.7 Å². The smallest absolute Gasteiger partial charge is 0.129 e. The maximum absolute atomic E-state index is 5.91. The molecule has 2 rings (SSSR count). The summed E-state index contributed by atoms with van der Waals surface area (Å²) in [6.45, 7) is 7.99. The topological polar surface area (TPSA) is 34.4 Å². The molecule has 1 atom stereocenters. The minimum Gasteiger partial charge on any atom is -0.462 e. The lowest BCUT2D eigenvalue weighted by Gasteiger charge is -2.14. The van der Waals surface area contributed by atoms with Gasteiger partial charge in [0.25, 0.3) is 0 Å². The van der Waals surface area contributed by atoms with Crippen molar-refractivity contribution in [2.45, 2.75) is 39.8 Å². The van der Waals surface area contributed by atoms with Gasteiger partial charge in [-0.3, -0.25) is 0 Å². The number of nitrogens with one attached hydrogen (secondary N) is 1. The highest BCUT2D eigenvalue weighted by atomic mass is 32.1. The molecular formula is C16H23NO2S. The molecule has 3 nitrogen and oxygen atoms in total. The van der Waals surface area contributed by atoms with Crippen molar-refractivity contribution >= 4 is 11.3 Å². The highest BCUT2D eigenvalue weighted by molar-refractivity contribution is 7.12. The van der Waals surface area contributed by atoms with Gasteiger partial charge in [0, 0.05) is 16.9 Å². The fourth-order valence-corrected chi connectivity index (χ4v) is 3.27. The van der Waals surface area contributed by atoms with E-state index in [1.165, 1.54) is 15.3 Å². The second kappa shape index (κ2) is 7.07. The van der Waals surface area contributed by atoms with Gasteiger partial charge in [-0.2, -0.15) is 0 Å². The third-order valence-corrected chi connectivity index (χ3v) is 4.54. The van der Waals surface area contributed by atoms with E-state index in [1.807, 2.05) is 23.5 Å². The molecule has 0 amide bonds. The van der Waals surface area contributed by atoms with Crippen LogP contribution < -0.4 is 5.32 Å². The van der Waals surface area contributed by atoms with E-state index in [9.17, 15) is 0 Å². The molecule has 0 aliphatic carbocycles. The van der Waals surface area contributed by atoms with E-state index >= 15 is 0 Å². The summed E-state index contributed by atoms with van der Waals surface area (Å²) in [5.41, 5.74) is 1.34. The largest absolute Gasteiger partial charge is 0.462 e. The van der Waals surface area contributed by atoms with Crippen molar-refractivity contribution in [2.24, 2.45) is 0 Å². The number of hydrogen-bond acceptors (Lipinski definition) is 4. The molecule has 0 bridgehead atoms. The van der Waals surface area contributed by atoms with E-state index in [2.05, 4.69) is 32.2 Å². The van der Waals surface area contributed by atoms with Gasteiger partial charge in [0.2, 0.25) is 0 Å². The third kappa shape index (κ3) is 3.51. The molecule has 0 spiro atoms. The standard InChI is InChI=1S/C16H23NO2S/c1-5-8-17-16(15-9-11(2)12(3)20-15)14-7-6-13(19-14)10-18-4/h6-7,9,16-17H,5,8,10H2,1-4H3. The van der Waals surface area contributed by atoms with E-state index in [1.54, 1.807) is 7.11 Å². The number of ether oxygens (including phenoxy) is 1. The normalized spacial score (nSPS) is 12.8. The summed E-state index contributed by atoms with van der Waals surface area (Å²) < 4.78 is 11.0. The molecule has 4 heteroatoms. The maximum atomic E-state index is 5.91. The predicted octanol–water partition coefficient (Wildman–Crippen LogP) is 4.19. The number of furan rings is 1. The van der Waals surface area contributed by atoms with Crippen LogP contribution in [-0.2, 0) is 11.3 Å². The van der Waals surface area contributed by atoms with Crippen LogP contribution in [0.15, 0.2) is 22.6 Å². The van der Waals surface area contributed by atoms with Crippen LogP contribution in [0.1, 0.15) is 46.2 Å². The molecule has 1 unspecified atom stereocenters. The zero-order chi connectivity index (χ0) is 14.5. The van der Waals surface area contributed by atoms with Gasteiger partial charge in [-0.1, -0.05) is 6.92 Å². The Hall–Kier alpha value is -1.10. The first-order chi connectivity index (χ1) is 9.65. The molecule has 0 aliphatic heterocycles. The first kappa shape index (κ1) is 15.3. The summed E-state index contributed by atoms with van der Waals surface area (Å²) in [6.07, 6.45) is 1.10. The van der Waals surface area contributed by atoms with Crippen LogP contribution in [0.2, 0.25) is 0 Å². The molecule has 2 heterocycles. The van der Waals surface area contributed by atoms with Gasteiger partial charge in [0.05, 0.1) is 0 Å². The Bertz CT molecular complexity index is 525. The Morgan fingerprint density at radius 2 is 2.15 bits per heavy atom. The fourth-order valence-electron chi connectivity index (χ4n) is 2.14. The van der Waals surface area contributed by atoms with Gasteiger partial charge in [-0.05, 0) is 50.6 Å². The molecule has 2 aromatic heterocycles.